The number of hydrogen-bond acceptors (Lipinski definition) is 6. The van der Waals surface area contributed by atoms with Crippen molar-refractivity contribution in [2.75, 3.05) is 13.2 Å². The molecule has 0 rings (SSSR count). The Labute approximate surface area is 458 Å². The summed E-state index contributed by atoms with van der Waals surface area (Å²) in [6, 6.07) is 0. The van der Waals surface area contributed by atoms with Gasteiger partial charge < -0.3 is 14.2 Å². The molecular weight excluding hydrogens is 913 g/mol. The third-order valence-electron chi connectivity index (χ3n) is 13.6. The van der Waals surface area contributed by atoms with Crippen LogP contribution in [0.25, 0.3) is 0 Å². The standard InChI is InChI=1S/C68H118O6/c1-4-7-10-13-16-19-22-23-24-25-26-27-28-29-30-31-32-33-34-35-36-37-38-39-40-41-42-43-44-45-47-49-52-55-58-61-67(70)73-64-65(63-72-66(69)60-57-54-51-48-21-18-15-12-9-6-3)74-68(71)62-59-56-53-50-46-20-17-14-11-8-5-2/h7,10,14,16-17,19,23-24,26-27,29-30,32-33,65H,4-6,8-9,11-13,15,18,20-22,25,28,31,34-64H2,1-3H3/b10-7-,17-14-,19-16-,24-23-,27-26-,30-29-,33-32-. The van der Waals surface area contributed by atoms with Gasteiger partial charge in [-0.25, -0.2) is 0 Å². The van der Waals surface area contributed by atoms with Crippen LogP contribution in [0.5, 0.6) is 0 Å². The van der Waals surface area contributed by atoms with Gasteiger partial charge in [0.1, 0.15) is 13.2 Å². The lowest BCUT2D eigenvalue weighted by Gasteiger charge is -2.18. The summed E-state index contributed by atoms with van der Waals surface area (Å²) >= 11 is 0. The lowest BCUT2D eigenvalue weighted by atomic mass is 10.0. The molecule has 6 heteroatoms. The van der Waals surface area contributed by atoms with E-state index in [1.54, 1.807) is 0 Å². The van der Waals surface area contributed by atoms with Crippen molar-refractivity contribution in [1.82, 2.24) is 0 Å². The molecule has 0 aromatic carbocycles. The summed E-state index contributed by atoms with van der Waals surface area (Å²) < 4.78 is 16.8. The molecule has 0 aromatic heterocycles. The summed E-state index contributed by atoms with van der Waals surface area (Å²) in [5.41, 5.74) is 0. The highest BCUT2D eigenvalue weighted by Gasteiger charge is 2.19. The van der Waals surface area contributed by atoms with Crippen LogP contribution < -0.4 is 0 Å². The van der Waals surface area contributed by atoms with Crippen LogP contribution in [0.3, 0.4) is 0 Å². The second kappa shape index (κ2) is 62.1. The van der Waals surface area contributed by atoms with Gasteiger partial charge in [-0.3, -0.25) is 14.4 Å². The van der Waals surface area contributed by atoms with E-state index in [0.29, 0.717) is 19.3 Å². The third-order valence-corrected chi connectivity index (χ3v) is 13.6. The molecule has 74 heavy (non-hydrogen) atoms. The fraction of sp³-hybridized carbons (Fsp3) is 0.750. The first-order valence-electron chi connectivity index (χ1n) is 31.6. The number of esters is 3. The van der Waals surface area contributed by atoms with Gasteiger partial charge in [-0.1, -0.05) is 286 Å². The molecule has 426 valence electrons. The van der Waals surface area contributed by atoms with E-state index < -0.39 is 6.10 Å². The Kier molecular flexibility index (Phi) is 59.3. The molecule has 0 aliphatic rings. The summed E-state index contributed by atoms with van der Waals surface area (Å²) in [5, 5.41) is 0. The molecule has 0 aromatic rings. The molecule has 1 atom stereocenters. The van der Waals surface area contributed by atoms with Crippen LogP contribution in [0.1, 0.15) is 310 Å². The largest absolute Gasteiger partial charge is 0.462 e. The van der Waals surface area contributed by atoms with Crippen molar-refractivity contribution in [2.45, 2.75) is 316 Å². The van der Waals surface area contributed by atoms with Gasteiger partial charge in [0.05, 0.1) is 0 Å². The number of rotatable bonds is 57. The number of unbranched alkanes of at least 4 members (excludes halogenated alkanes) is 32. The van der Waals surface area contributed by atoms with Gasteiger partial charge in [-0.15, -0.1) is 0 Å². The minimum atomic E-state index is -0.775. The molecule has 0 aliphatic heterocycles. The van der Waals surface area contributed by atoms with Crippen molar-refractivity contribution >= 4 is 17.9 Å². The number of ether oxygens (including phenoxy) is 3. The van der Waals surface area contributed by atoms with E-state index in [4.69, 9.17) is 14.2 Å². The molecule has 6 nitrogen and oxygen atoms in total. The summed E-state index contributed by atoms with van der Waals surface area (Å²) in [6.07, 6.45) is 81.9. The van der Waals surface area contributed by atoms with Crippen molar-refractivity contribution in [3.8, 4) is 0 Å². The Bertz CT molecular complexity index is 1420. The number of allylic oxidation sites excluding steroid dienone is 14. The Morgan fingerprint density at radius 1 is 0.284 bits per heavy atom. The average molecular weight is 1030 g/mol. The zero-order chi connectivity index (χ0) is 53.6. The Hall–Kier alpha value is -3.41. The SMILES string of the molecule is CC/C=C\C/C=C\C/C=C\C/C=C\C/C=C\C/C=C\CCCCCCCCCCCCCCCCCCC(=O)OCC(COC(=O)CCCCCCCCCCCC)OC(=O)CCCCCCC/C=C\CCCC. The zero-order valence-corrected chi connectivity index (χ0v) is 48.8. The highest BCUT2D eigenvalue weighted by atomic mass is 16.6. The predicted octanol–water partition coefficient (Wildman–Crippen LogP) is 21.5. The molecule has 0 radical (unpaired) electrons. The highest BCUT2D eigenvalue weighted by molar-refractivity contribution is 5.71. The molecule has 0 spiro atoms. The van der Waals surface area contributed by atoms with E-state index in [-0.39, 0.29) is 31.1 Å². The summed E-state index contributed by atoms with van der Waals surface area (Å²) in [4.78, 5) is 38.0. The van der Waals surface area contributed by atoms with Crippen molar-refractivity contribution < 1.29 is 28.6 Å². The van der Waals surface area contributed by atoms with E-state index in [0.717, 1.165) is 109 Å². The minimum absolute atomic E-state index is 0.0747. The topological polar surface area (TPSA) is 78.9 Å². The first-order valence-corrected chi connectivity index (χ1v) is 31.6. The second-order valence-electron chi connectivity index (χ2n) is 20.9. The lowest BCUT2D eigenvalue weighted by Crippen LogP contribution is -2.30. The molecule has 0 saturated heterocycles. The van der Waals surface area contributed by atoms with Crippen LogP contribution >= 0.6 is 0 Å². The van der Waals surface area contributed by atoms with Gasteiger partial charge in [0.25, 0.3) is 0 Å². The maximum atomic E-state index is 12.8. The molecule has 0 fully saturated rings. The van der Waals surface area contributed by atoms with Crippen LogP contribution in [-0.2, 0) is 28.6 Å². The van der Waals surface area contributed by atoms with Gasteiger partial charge in [0.15, 0.2) is 6.10 Å². The fourth-order valence-electron chi connectivity index (χ4n) is 8.90. The molecular formula is C68H118O6. The molecule has 0 saturated carbocycles. The van der Waals surface area contributed by atoms with E-state index >= 15 is 0 Å². The summed E-state index contributed by atoms with van der Waals surface area (Å²) in [7, 11) is 0. The first-order chi connectivity index (χ1) is 36.5. The van der Waals surface area contributed by atoms with Crippen molar-refractivity contribution in [3.05, 3.63) is 85.1 Å². The lowest BCUT2D eigenvalue weighted by molar-refractivity contribution is -0.167. The quantitative estimate of drug-likeness (QED) is 0.0261. The zero-order valence-electron chi connectivity index (χ0n) is 48.8. The van der Waals surface area contributed by atoms with Crippen molar-refractivity contribution in [3.63, 3.8) is 0 Å². The summed E-state index contributed by atoms with van der Waals surface area (Å²) in [6.45, 7) is 6.49. The molecule has 0 aliphatic carbocycles. The molecule has 0 heterocycles. The van der Waals surface area contributed by atoms with Crippen molar-refractivity contribution in [1.29, 1.82) is 0 Å². The maximum Gasteiger partial charge on any atom is 0.306 e. The fourth-order valence-corrected chi connectivity index (χ4v) is 8.90. The van der Waals surface area contributed by atoms with Crippen LogP contribution in [-0.4, -0.2) is 37.2 Å². The Balaban J connectivity index is 4.01. The first kappa shape index (κ1) is 70.6. The highest BCUT2D eigenvalue weighted by Crippen LogP contribution is 2.17. The third kappa shape index (κ3) is 59.5. The predicted molar refractivity (Wildman–Crippen MR) is 321 cm³/mol. The number of carbonyl (C=O) groups is 3. The van der Waals surface area contributed by atoms with Gasteiger partial charge in [-0.05, 0) is 89.9 Å². The molecule has 0 N–H and O–H groups in total. The summed E-state index contributed by atoms with van der Waals surface area (Å²) in [5.74, 6) is -0.876. The van der Waals surface area contributed by atoms with E-state index in [1.165, 1.54) is 161 Å². The number of hydrogen-bond donors (Lipinski definition) is 0. The van der Waals surface area contributed by atoms with Gasteiger partial charge in [-0.2, -0.15) is 0 Å². The van der Waals surface area contributed by atoms with Crippen molar-refractivity contribution in [2.24, 2.45) is 0 Å². The van der Waals surface area contributed by atoms with Gasteiger partial charge >= 0.3 is 17.9 Å². The van der Waals surface area contributed by atoms with Crippen LogP contribution in [0.15, 0.2) is 85.1 Å². The molecule has 0 bridgehead atoms. The van der Waals surface area contributed by atoms with E-state index in [1.807, 2.05) is 0 Å². The van der Waals surface area contributed by atoms with Crippen LogP contribution in [0.4, 0.5) is 0 Å². The van der Waals surface area contributed by atoms with Crippen LogP contribution in [0, 0.1) is 0 Å². The van der Waals surface area contributed by atoms with E-state index in [2.05, 4.69) is 106 Å². The van der Waals surface area contributed by atoms with E-state index in [9.17, 15) is 14.4 Å². The normalized spacial score (nSPS) is 12.6. The molecule has 1 unspecified atom stereocenters. The maximum absolute atomic E-state index is 12.8. The second-order valence-corrected chi connectivity index (χ2v) is 20.9. The van der Waals surface area contributed by atoms with Crippen LogP contribution in [0.2, 0.25) is 0 Å². The monoisotopic (exact) mass is 1030 g/mol. The smallest absolute Gasteiger partial charge is 0.306 e. The number of carbonyl (C=O) groups excluding carboxylic acids is 3. The minimum Gasteiger partial charge on any atom is -0.462 e. The molecule has 0 amide bonds. The Morgan fingerprint density at radius 2 is 0.541 bits per heavy atom. The van der Waals surface area contributed by atoms with Gasteiger partial charge in [0, 0.05) is 19.3 Å². The average Bonchev–Trinajstić information content (AvgIpc) is 3.40. The Morgan fingerprint density at radius 3 is 0.878 bits per heavy atom. The van der Waals surface area contributed by atoms with Gasteiger partial charge in [0.2, 0.25) is 0 Å².